The SMILES string of the molecule is Cc1cc2nc(C(=O)O)cn2cc1F. The van der Waals surface area contributed by atoms with Crippen molar-refractivity contribution in [3.05, 3.63) is 35.5 Å². The van der Waals surface area contributed by atoms with E-state index in [1.54, 1.807) is 6.92 Å². The monoisotopic (exact) mass is 194 g/mol. The number of carboxylic acids is 1. The molecule has 5 heteroatoms. The molecule has 0 aliphatic heterocycles. The predicted molar refractivity (Wildman–Crippen MR) is 46.8 cm³/mol. The van der Waals surface area contributed by atoms with E-state index < -0.39 is 5.97 Å². The Morgan fingerprint density at radius 3 is 2.93 bits per heavy atom. The lowest BCUT2D eigenvalue weighted by molar-refractivity contribution is 0.0691. The summed E-state index contributed by atoms with van der Waals surface area (Å²) in [5.74, 6) is -1.50. The number of halogens is 1. The first-order valence-electron chi connectivity index (χ1n) is 3.96. The van der Waals surface area contributed by atoms with Gasteiger partial charge in [-0.25, -0.2) is 14.2 Å². The van der Waals surface area contributed by atoms with Crippen molar-refractivity contribution in [1.82, 2.24) is 9.38 Å². The molecular weight excluding hydrogens is 187 g/mol. The average molecular weight is 194 g/mol. The fraction of sp³-hybridized carbons (Fsp3) is 0.111. The summed E-state index contributed by atoms with van der Waals surface area (Å²) in [5.41, 5.74) is 0.788. The molecule has 0 bridgehead atoms. The number of aromatic nitrogens is 2. The number of aryl methyl sites for hydroxylation is 1. The summed E-state index contributed by atoms with van der Waals surface area (Å²) in [5, 5.41) is 8.65. The van der Waals surface area contributed by atoms with Crippen LogP contribution >= 0.6 is 0 Å². The lowest BCUT2D eigenvalue weighted by Gasteiger charge is -1.96. The molecule has 2 heterocycles. The molecule has 2 aromatic heterocycles. The largest absolute Gasteiger partial charge is 0.476 e. The maximum absolute atomic E-state index is 13.1. The molecule has 4 nitrogen and oxygen atoms in total. The highest BCUT2D eigenvalue weighted by atomic mass is 19.1. The molecule has 0 fully saturated rings. The van der Waals surface area contributed by atoms with Gasteiger partial charge in [-0.2, -0.15) is 0 Å². The first-order chi connectivity index (χ1) is 6.58. The van der Waals surface area contributed by atoms with Crippen molar-refractivity contribution in [2.24, 2.45) is 0 Å². The van der Waals surface area contributed by atoms with Crippen molar-refractivity contribution in [3.63, 3.8) is 0 Å². The molecule has 0 unspecified atom stereocenters. The van der Waals surface area contributed by atoms with Crippen molar-refractivity contribution in [1.29, 1.82) is 0 Å². The molecule has 72 valence electrons. The number of aromatic carboxylic acids is 1. The molecule has 1 N–H and O–H groups in total. The second kappa shape index (κ2) is 2.80. The topological polar surface area (TPSA) is 54.6 Å². The molecule has 0 aromatic carbocycles. The van der Waals surface area contributed by atoms with Gasteiger partial charge in [0, 0.05) is 12.4 Å². The van der Waals surface area contributed by atoms with Crippen molar-refractivity contribution < 1.29 is 14.3 Å². The third kappa shape index (κ3) is 1.22. The Morgan fingerprint density at radius 1 is 1.57 bits per heavy atom. The van der Waals surface area contributed by atoms with Crippen molar-refractivity contribution >= 4 is 11.6 Å². The highest BCUT2D eigenvalue weighted by Gasteiger charge is 2.09. The zero-order chi connectivity index (χ0) is 10.3. The summed E-state index contributed by atoms with van der Waals surface area (Å²) in [6.45, 7) is 1.60. The van der Waals surface area contributed by atoms with Crippen LogP contribution in [0.2, 0.25) is 0 Å². The van der Waals surface area contributed by atoms with Crippen LogP contribution in [0.1, 0.15) is 16.1 Å². The first kappa shape index (κ1) is 8.68. The van der Waals surface area contributed by atoms with Gasteiger partial charge in [-0.1, -0.05) is 0 Å². The number of rotatable bonds is 1. The highest BCUT2D eigenvalue weighted by molar-refractivity contribution is 5.86. The number of carbonyl (C=O) groups is 1. The van der Waals surface area contributed by atoms with E-state index in [0.717, 1.165) is 0 Å². The van der Waals surface area contributed by atoms with Crippen LogP contribution in [0.5, 0.6) is 0 Å². The van der Waals surface area contributed by atoms with Crippen LogP contribution in [0.25, 0.3) is 5.65 Å². The minimum absolute atomic E-state index is 0.0880. The molecule has 0 radical (unpaired) electrons. The Labute approximate surface area is 78.6 Å². The lowest BCUT2D eigenvalue weighted by Crippen LogP contribution is -1.94. The van der Waals surface area contributed by atoms with Crippen LogP contribution in [-0.2, 0) is 0 Å². The van der Waals surface area contributed by atoms with Crippen molar-refractivity contribution in [3.8, 4) is 0 Å². The van der Waals surface area contributed by atoms with Crippen LogP contribution in [0.15, 0.2) is 18.5 Å². The Morgan fingerprint density at radius 2 is 2.29 bits per heavy atom. The summed E-state index contributed by atoms with van der Waals surface area (Å²) >= 11 is 0. The smallest absolute Gasteiger partial charge is 0.356 e. The minimum atomic E-state index is -1.12. The first-order valence-corrected chi connectivity index (χ1v) is 3.96. The standard InChI is InChI=1S/C9H7FN2O2/c1-5-2-8-11-7(9(13)14)4-12(8)3-6(5)10/h2-4H,1H3,(H,13,14). The third-order valence-electron chi connectivity index (χ3n) is 1.95. The number of nitrogens with zero attached hydrogens (tertiary/aromatic N) is 2. The van der Waals surface area contributed by atoms with Crippen LogP contribution in [0, 0.1) is 12.7 Å². The molecule has 0 saturated carbocycles. The summed E-state index contributed by atoms with van der Waals surface area (Å²) in [6.07, 6.45) is 2.49. The molecule has 2 aromatic rings. The zero-order valence-electron chi connectivity index (χ0n) is 7.36. The summed E-state index contributed by atoms with van der Waals surface area (Å²) in [6, 6.07) is 1.50. The van der Waals surface area contributed by atoms with Gasteiger partial charge in [-0.3, -0.25) is 0 Å². The van der Waals surface area contributed by atoms with E-state index in [4.69, 9.17) is 5.11 Å². The van der Waals surface area contributed by atoms with E-state index in [-0.39, 0.29) is 11.5 Å². The van der Waals surface area contributed by atoms with Crippen LogP contribution < -0.4 is 0 Å². The van der Waals surface area contributed by atoms with Crippen molar-refractivity contribution in [2.45, 2.75) is 6.92 Å². The fourth-order valence-corrected chi connectivity index (χ4v) is 1.21. The Bertz CT molecular complexity index is 480. The van der Waals surface area contributed by atoms with Gasteiger partial charge in [0.15, 0.2) is 5.69 Å². The van der Waals surface area contributed by atoms with Gasteiger partial charge in [0.2, 0.25) is 0 Å². The molecule has 0 spiro atoms. The second-order valence-electron chi connectivity index (χ2n) is 3.00. The van der Waals surface area contributed by atoms with Gasteiger partial charge in [-0.05, 0) is 18.6 Å². The van der Waals surface area contributed by atoms with Gasteiger partial charge in [0.25, 0.3) is 0 Å². The Hall–Kier alpha value is -1.91. The molecule has 2 rings (SSSR count). The van der Waals surface area contributed by atoms with Gasteiger partial charge in [0.05, 0.1) is 0 Å². The van der Waals surface area contributed by atoms with E-state index in [9.17, 15) is 9.18 Å². The van der Waals surface area contributed by atoms with E-state index in [1.807, 2.05) is 0 Å². The minimum Gasteiger partial charge on any atom is -0.476 e. The second-order valence-corrected chi connectivity index (χ2v) is 3.00. The van der Waals surface area contributed by atoms with Crippen LogP contribution in [0.4, 0.5) is 4.39 Å². The number of hydrogen-bond donors (Lipinski definition) is 1. The number of fused-ring (bicyclic) bond motifs is 1. The summed E-state index contributed by atoms with van der Waals surface area (Å²) in [7, 11) is 0. The predicted octanol–water partition coefficient (Wildman–Crippen LogP) is 1.48. The molecule has 0 aliphatic rings. The van der Waals surface area contributed by atoms with Gasteiger partial charge < -0.3 is 9.51 Å². The molecule has 14 heavy (non-hydrogen) atoms. The van der Waals surface area contributed by atoms with Crippen LogP contribution in [-0.4, -0.2) is 20.5 Å². The van der Waals surface area contributed by atoms with Gasteiger partial charge >= 0.3 is 5.97 Å². The number of pyridine rings is 1. The van der Waals surface area contributed by atoms with E-state index in [1.165, 1.54) is 22.9 Å². The van der Waals surface area contributed by atoms with E-state index in [2.05, 4.69) is 4.98 Å². The summed E-state index contributed by atoms with van der Waals surface area (Å²) < 4.78 is 14.4. The maximum Gasteiger partial charge on any atom is 0.356 e. The number of imidazole rings is 1. The zero-order valence-corrected chi connectivity index (χ0v) is 7.36. The Balaban J connectivity index is 2.72. The van der Waals surface area contributed by atoms with Gasteiger partial charge in [-0.15, -0.1) is 0 Å². The quantitative estimate of drug-likeness (QED) is 0.748. The lowest BCUT2D eigenvalue weighted by atomic mass is 10.3. The molecule has 0 aliphatic carbocycles. The maximum atomic E-state index is 13.1. The molecule has 0 saturated heterocycles. The summed E-state index contributed by atoms with van der Waals surface area (Å²) in [4.78, 5) is 14.4. The fourth-order valence-electron chi connectivity index (χ4n) is 1.21. The van der Waals surface area contributed by atoms with Crippen molar-refractivity contribution in [2.75, 3.05) is 0 Å². The highest BCUT2D eigenvalue weighted by Crippen LogP contribution is 2.11. The number of carboxylic acid groups (broad SMARTS) is 1. The van der Waals surface area contributed by atoms with E-state index >= 15 is 0 Å². The van der Waals surface area contributed by atoms with E-state index in [0.29, 0.717) is 11.2 Å². The average Bonchev–Trinajstić information content (AvgIpc) is 2.48. The Kier molecular flexibility index (Phi) is 1.73. The normalized spacial score (nSPS) is 10.7. The third-order valence-corrected chi connectivity index (χ3v) is 1.95. The molecule has 0 amide bonds. The molecular formula is C9H7FN2O2. The van der Waals surface area contributed by atoms with Gasteiger partial charge in [0.1, 0.15) is 11.5 Å². The molecule has 0 atom stereocenters. The number of hydrogen-bond acceptors (Lipinski definition) is 2. The van der Waals surface area contributed by atoms with Crippen LogP contribution in [0.3, 0.4) is 0 Å².